The second-order valence-corrected chi connectivity index (χ2v) is 6.74. The van der Waals surface area contributed by atoms with Gasteiger partial charge in [0.2, 0.25) is 0 Å². The number of nitrogens with one attached hydrogen (secondary N) is 1. The van der Waals surface area contributed by atoms with Crippen molar-refractivity contribution in [1.29, 1.82) is 0 Å². The highest BCUT2D eigenvalue weighted by molar-refractivity contribution is 9.10. The zero-order valence-electron chi connectivity index (χ0n) is 12.2. The molecule has 2 rings (SSSR count). The highest BCUT2D eigenvalue weighted by Gasteiger charge is 2.15. The van der Waals surface area contributed by atoms with E-state index in [4.69, 9.17) is 0 Å². The number of halogens is 2. The van der Waals surface area contributed by atoms with Crippen molar-refractivity contribution >= 4 is 27.5 Å². The number of benzene rings is 2. The van der Waals surface area contributed by atoms with E-state index >= 15 is 0 Å². The van der Waals surface area contributed by atoms with Crippen molar-refractivity contribution in [2.45, 2.75) is 26.2 Å². The molecule has 2 aromatic rings. The normalized spacial score (nSPS) is 11.3. The van der Waals surface area contributed by atoms with Crippen LogP contribution in [0.5, 0.6) is 0 Å². The Kier molecular flexibility index (Phi) is 4.47. The third kappa shape index (κ3) is 3.70. The van der Waals surface area contributed by atoms with Crippen LogP contribution in [0, 0.1) is 5.82 Å². The standard InChI is InChI=1S/C17H17BrFNO/c1-17(2,3)11-7-9-12(10-8-11)20-16(21)13-5-4-6-14(18)15(13)19/h4-10H,1-3H3,(H,20,21). The molecule has 0 aliphatic rings. The van der Waals surface area contributed by atoms with Gasteiger partial charge in [0.25, 0.3) is 5.91 Å². The average molecular weight is 350 g/mol. The van der Waals surface area contributed by atoms with Crippen molar-refractivity contribution in [1.82, 2.24) is 0 Å². The number of hydrogen-bond acceptors (Lipinski definition) is 1. The number of amides is 1. The molecule has 0 saturated heterocycles. The molecule has 2 nitrogen and oxygen atoms in total. The Morgan fingerprint density at radius 1 is 1.10 bits per heavy atom. The molecule has 21 heavy (non-hydrogen) atoms. The summed E-state index contributed by atoms with van der Waals surface area (Å²) < 4.78 is 14.1. The van der Waals surface area contributed by atoms with Crippen LogP contribution >= 0.6 is 15.9 Å². The molecule has 0 aliphatic heterocycles. The first kappa shape index (κ1) is 15.7. The van der Waals surface area contributed by atoms with Gasteiger partial charge in [-0.3, -0.25) is 4.79 Å². The summed E-state index contributed by atoms with van der Waals surface area (Å²) in [6, 6.07) is 12.2. The van der Waals surface area contributed by atoms with Gasteiger partial charge in [0.15, 0.2) is 0 Å². The predicted octanol–water partition coefficient (Wildman–Crippen LogP) is 5.14. The maximum atomic E-state index is 13.9. The van der Waals surface area contributed by atoms with E-state index in [2.05, 4.69) is 42.0 Å². The van der Waals surface area contributed by atoms with Crippen LogP contribution in [0.4, 0.5) is 10.1 Å². The summed E-state index contributed by atoms with van der Waals surface area (Å²) in [4.78, 5) is 12.1. The van der Waals surface area contributed by atoms with E-state index in [1.807, 2.05) is 24.3 Å². The molecule has 0 radical (unpaired) electrons. The summed E-state index contributed by atoms with van der Waals surface area (Å²) in [5, 5.41) is 2.71. The first-order valence-electron chi connectivity index (χ1n) is 6.65. The fourth-order valence-electron chi connectivity index (χ4n) is 1.93. The maximum absolute atomic E-state index is 13.9. The van der Waals surface area contributed by atoms with E-state index in [-0.39, 0.29) is 15.5 Å². The van der Waals surface area contributed by atoms with Crippen LogP contribution in [0.2, 0.25) is 0 Å². The highest BCUT2D eigenvalue weighted by Crippen LogP contribution is 2.24. The van der Waals surface area contributed by atoms with Crippen LogP contribution in [-0.2, 0) is 5.41 Å². The van der Waals surface area contributed by atoms with Crippen LogP contribution in [0.1, 0.15) is 36.7 Å². The van der Waals surface area contributed by atoms with Crippen LogP contribution in [-0.4, -0.2) is 5.91 Å². The molecule has 0 atom stereocenters. The SMILES string of the molecule is CC(C)(C)c1ccc(NC(=O)c2cccc(Br)c2F)cc1. The minimum absolute atomic E-state index is 0.0178. The van der Waals surface area contributed by atoms with Gasteiger partial charge in [-0.15, -0.1) is 0 Å². The van der Waals surface area contributed by atoms with Crippen molar-refractivity contribution in [3.8, 4) is 0 Å². The predicted molar refractivity (Wildman–Crippen MR) is 87.2 cm³/mol. The van der Waals surface area contributed by atoms with E-state index < -0.39 is 11.7 Å². The number of carbonyl (C=O) groups is 1. The molecule has 0 bridgehead atoms. The molecule has 4 heteroatoms. The van der Waals surface area contributed by atoms with Gasteiger partial charge < -0.3 is 5.32 Å². The Hall–Kier alpha value is -1.68. The zero-order valence-corrected chi connectivity index (χ0v) is 13.8. The number of anilines is 1. The van der Waals surface area contributed by atoms with Crippen molar-refractivity contribution in [3.63, 3.8) is 0 Å². The largest absolute Gasteiger partial charge is 0.322 e. The second-order valence-electron chi connectivity index (χ2n) is 5.88. The molecule has 0 heterocycles. The summed E-state index contributed by atoms with van der Waals surface area (Å²) in [6.07, 6.45) is 0. The molecule has 0 aliphatic carbocycles. The lowest BCUT2D eigenvalue weighted by molar-refractivity contribution is 0.102. The minimum atomic E-state index is -0.554. The second kappa shape index (κ2) is 5.98. The van der Waals surface area contributed by atoms with Gasteiger partial charge in [-0.25, -0.2) is 4.39 Å². The van der Waals surface area contributed by atoms with E-state index in [1.165, 1.54) is 11.6 Å². The molecule has 110 valence electrons. The Bertz CT molecular complexity index is 659. The lowest BCUT2D eigenvalue weighted by atomic mass is 9.87. The van der Waals surface area contributed by atoms with Gasteiger partial charge in [-0.2, -0.15) is 0 Å². The third-order valence-corrected chi connectivity index (χ3v) is 3.82. The summed E-state index contributed by atoms with van der Waals surface area (Å²) in [7, 11) is 0. The molecule has 1 N–H and O–H groups in total. The molecule has 0 spiro atoms. The molecule has 0 unspecified atom stereocenters. The molecular weight excluding hydrogens is 333 g/mol. The average Bonchev–Trinajstić information content (AvgIpc) is 2.41. The fourth-order valence-corrected chi connectivity index (χ4v) is 2.30. The lowest BCUT2D eigenvalue weighted by Gasteiger charge is -2.19. The van der Waals surface area contributed by atoms with Crippen molar-refractivity contribution in [3.05, 3.63) is 63.9 Å². The quantitative estimate of drug-likeness (QED) is 0.799. The van der Waals surface area contributed by atoms with Gasteiger partial charge >= 0.3 is 0 Å². The Balaban J connectivity index is 2.18. The Morgan fingerprint density at radius 3 is 2.29 bits per heavy atom. The van der Waals surface area contributed by atoms with E-state index in [0.29, 0.717) is 5.69 Å². The van der Waals surface area contributed by atoms with Gasteiger partial charge in [0.05, 0.1) is 10.0 Å². The summed E-state index contributed by atoms with van der Waals surface area (Å²) >= 11 is 3.08. The van der Waals surface area contributed by atoms with Crippen molar-refractivity contribution < 1.29 is 9.18 Å². The summed E-state index contributed by atoms with van der Waals surface area (Å²) in [6.45, 7) is 6.37. The van der Waals surface area contributed by atoms with Gasteiger partial charge in [-0.1, -0.05) is 39.0 Å². The zero-order chi connectivity index (χ0) is 15.6. The van der Waals surface area contributed by atoms with E-state index in [9.17, 15) is 9.18 Å². The first-order chi connectivity index (χ1) is 9.79. The molecule has 0 fully saturated rings. The Morgan fingerprint density at radius 2 is 1.71 bits per heavy atom. The van der Waals surface area contributed by atoms with Gasteiger partial charge in [0, 0.05) is 5.69 Å². The van der Waals surface area contributed by atoms with Crippen LogP contribution in [0.15, 0.2) is 46.9 Å². The van der Waals surface area contributed by atoms with Crippen molar-refractivity contribution in [2.24, 2.45) is 0 Å². The van der Waals surface area contributed by atoms with Gasteiger partial charge in [-0.05, 0) is 51.2 Å². The van der Waals surface area contributed by atoms with Crippen LogP contribution in [0.3, 0.4) is 0 Å². The first-order valence-corrected chi connectivity index (χ1v) is 7.44. The van der Waals surface area contributed by atoms with Crippen molar-refractivity contribution in [2.75, 3.05) is 5.32 Å². The third-order valence-electron chi connectivity index (χ3n) is 3.21. The molecule has 1 amide bonds. The fraction of sp³-hybridized carbons (Fsp3) is 0.235. The molecule has 0 saturated carbocycles. The molecule has 0 aromatic heterocycles. The summed E-state index contributed by atoms with van der Waals surface area (Å²) in [5.74, 6) is -1.02. The van der Waals surface area contributed by atoms with Crippen LogP contribution < -0.4 is 5.32 Å². The molecular formula is C17H17BrFNO. The number of hydrogen-bond donors (Lipinski definition) is 1. The lowest BCUT2D eigenvalue weighted by Crippen LogP contribution is -2.15. The van der Waals surface area contributed by atoms with Crippen LogP contribution in [0.25, 0.3) is 0 Å². The maximum Gasteiger partial charge on any atom is 0.258 e. The smallest absolute Gasteiger partial charge is 0.258 e. The summed E-state index contributed by atoms with van der Waals surface area (Å²) in [5.41, 5.74) is 1.89. The topological polar surface area (TPSA) is 29.1 Å². The number of carbonyl (C=O) groups excluding carboxylic acids is 1. The Labute approximate surface area is 132 Å². The van der Waals surface area contributed by atoms with E-state index in [1.54, 1.807) is 12.1 Å². The number of rotatable bonds is 2. The van der Waals surface area contributed by atoms with E-state index in [0.717, 1.165) is 0 Å². The molecule has 2 aromatic carbocycles. The van der Waals surface area contributed by atoms with Gasteiger partial charge in [0.1, 0.15) is 5.82 Å². The monoisotopic (exact) mass is 349 g/mol. The highest BCUT2D eigenvalue weighted by atomic mass is 79.9. The minimum Gasteiger partial charge on any atom is -0.322 e.